The third-order valence-electron chi connectivity index (χ3n) is 3.40. The first kappa shape index (κ1) is 15.7. The van der Waals surface area contributed by atoms with Crippen molar-refractivity contribution in [3.63, 3.8) is 0 Å². The summed E-state index contributed by atoms with van der Waals surface area (Å²) in [7, 11) is 1.60. The van der Waals surface area contributed by atoms with Crippen molar-refractivity contribution in [2.75, 3.05) is 19.0 Å². The molecule has 0 radical (unpaired) electrons. The molecule has 3 aromatic rings. The third kappa shape index (κ3) is 3.60. The highest BCUT2D eigenvalue weighted by atomic mass is 16.5. The summed E-state index contributed by atoms with van der Waals surface area (Å²) >= 11 is 0. The van der Waals surface area contributed by atoms with Gasteiger partial charge in [-0.3, -0.25) is 9.78 Å². The number of nitrogens with one attached hydrogen (secondary N) is 1. The molecule has 3 rings (SSSR count). The number of aromatic nitrogens is 2. The minimum atomic E-state index is -0.279. The number of fused-ring (bicyclic) bond motifs is 1. The Kier molecular flexibility index (Phi) is 4.56. The van der Waals surface area contributed by atoms with Gasteiger partial charge in [-0.15, -0.1) is 0 Å². The molecular weight excluding hydrogens is 306 g/mol. The first-order valence-electron chi connectivity index (χ1n) is 7.45. The van der Waals surface area contributed by atoms with Crippen LogP contribution in [-0.2, 0) is 4.79 Å². The van der Waals surface area contributed by atoms with Gasteiger partial charge < -0.3 is 14.8 Å². The molecule has 0 aliphatic heterocycles. The Labute approximate surface area is 139 Å². The Bertz CT molecular complexity index is 866. The van der Waals surface area contributed by atoms with E-state index in [1.807, 2.05) is 25.1 Å². The van der Waals surface area contributed by atoms with Gasteiger partial charge in [0, 0.05) is 23.3 Å². The summed E-state index contributed by atoms with van der Waals surface area (Å²) in [6, 6.07) is 12.6. The molecule has 2 heterocycles. The van der Waals surface area contributed by atoms with E-state index in [9.17, 15) is 4.79 Å². The molecule has 0 fully saturated rings. The second-order valence-electron chi connectivity index (χ2n) is 5.20. The van der Waals surface area contributed by atoms with Gasteiger partial charge in [0.05, 0.1) is 12.6 Å². The van der Waals surface area contributed by atoms with E-state index in [2.05, 4.69) is 15.3 Å². The van der Waals surface area contributed by atoms with Crippen molar-refractivity contribution in [3.05, 3.63) is 54.4 Å². The van der Waals surface area contributed by atoms with Crippen LogP contribution in [-0.4, -0.2) is 29.6 Å². The largest absolute Gasteiger partial charge is 0.497 e. The van der Waals surface area contributed by atoms with E-state index in [1.54, 1.807) is 37.6 Å². The van der Waals surface area contributed by atoms with Crippen LogP contribution in [0.25, 0.3) is 10.9 Å². The highest BCUT2D eigenvalue weighted by Crippen LogP contribution is 2.29. The number of hydrogen-bond acceptors (Lipinski definition) is 5. The number of hydrogen-bond donors (Lipinski definition) is 1. The van der Waals surface area contributed by atoms with Crippen LogP contribution in [0.4, 0.5) is 5.82 Å². The molecule has 6 nitrogen and oxygen atoms in total. The second kappa shape index (κ2) is 6.95. The topological polar surface area (TPSA) is 73.3 Å². The molecule has 1 N–H and O–H groups in total. The van der Waals surface area contributed by atoms with Crippen molar-refractivity contribution in [2.24, 2.45) is 0 Å². The zero-order chi connectivity index (χ0) is 16.9. The fourth-order valence-corrected chi connectivity index (χ4v) is 2.31. The normalized spacial score (nSPS) is 10.4. The number of aryl methyl sites for hydroxylation is 1. The predicted octanol–water partition coefficient (Wildman–Crippen LogP) is 2.96. The monoisotopic (exact) mass is 323 g/mol. The SMILES string of the molecule is COc1ccc2nc(C)cc(OCC(=O)Nc3ccccn3)c2c1. The van der Waals surface area contributed by atoms with Crippen LogP contribution in [0, 0.1) is 6.92 Å². The van der Waals surface area contributed by atoms with Gasteiger partial charge in [0.15, 0.2) is 6.61 Å². The highest BCUT2D eigenvalue weighted by molar-refractivity contribution is 5.92. The van der Waals surface area contributed by atoms with Crippen molar-refractivity contribution in [1.82, 2.24) is 9.97 Å². The van der Waals surface area contributed by atoms with Crippen LogP contribution in [0.2, 0.25) is 0 Å². The number of ether oxygens (including phenoxy) is 2. The summed E-state index contributed by atoms with van der Waals surface area (Å²) in [6.45, 7) is 1.76. The Hall–Kier alpha value is -3.15. The van der Waals surface area contributed by atoms with Gasteiger partial charge in [0.1, 0.15) is 17.3 Å². The van der Waals surface area contributed by atoms with E-state index in [0.29, 0.717) is 17.3 Å². The molecule has 0 bridgehead atoms. The van der Waals surface area contributed by atoms with E-state index < -0.39 is 0 Å². The molecule has 24 heavy (non-hydrogen) atoms. The molecule has 0 atom stereocenters. The summed E-state index contributed by atoms with van der Waals surface area (Å²) in [6.07, 6.45) is 1.61. The molecule has 0 saturated carbocycles. The minimum absolute atomic E-state index is 0.119. The van der Waals surface area contributed by atoms with Gasteiger partial charge >= 0.3 is 0 Å². The average molecular weight is 323 g/mol. The standard InChI is InChI=1S/C18H17N3O3/c1-12-9-16(14-10-13(23-2)6-7-15(14)20-12)24-11-18(22)21-17-5-3-4-8-19-17/h3-10H,11H2,1-2H3,(H,19,21,22). The van der Waals surface area contributed by atoms with Gasteiger partial charge in [0.2, 0.25) is 0 Å². The summed E-state index contributed by atoms with van der Waals surface area (Å²) in [5, 5.41) is 3.48. The summed E-state index contributed by atoms with van der Waals surface area (Å²) in [5.41, 5.74) is 1.60. The molecule has 1 amide bonds. The molecule has 122 valence electrons. The van der Waals surface area contributed by atoms with Crippen molar-refractivity contribution in [2.45, 2.75) is 6.92 Å². The number of carbonyl (C=O) groups excluding carboxylic acids is 1. The van der Waals surface area contributed by atoms with Crippen LogP contribution in [0.1, 0.15) is 5.69 Å². The lowest BCUT2D eigenvalue weighted by Gasteiger charge is -2.11. The van der Waals surface area contributed by atoms with Crippen molar-refractivity contribution in [1.29, 1.82) is 0 Å². The average Bonchev–Trinajstić information content (AvgIpc) is 2.60. The second-order valence-corrected chi connectivity index (χ2v) is 5.20. The maximum absolute atomic E-state index is 12.0. The van der Waals surface area contributed by atoms with E-state index in [-0.39, 0.29) is 12.5 Å². The molecule has 0 aliphatic rings. The van der Waals surface area contributed by atoms with Gasteiger partial charge in [-0.25, -0.2) is 4.98 Å². The molecule has 0 saturated heterocycles. The number of nitrogens with zero attached hydrogens (tertiary/aromatic N) is 2. The van der Waals surface area contributed by atoms with E-state index in [4.69, 9.17) is 9.47 Å². The fraction of sp³-hybridized carbons (Fsp3) is 0.167. The number of benzene rings is 1. The van der Waals surface area contributed by atoms with Gasteiger partial charge in [0.25, 0.3) is 5.91 Å². The van der Waals surface area contributed by atoms with Gasteiger partial charge in [-0.05, 0) is 37.3 Å². The number of amides is 1. The lowest BCUT2D eigenvalue weighted by molar-refractivity contribution is -0.118. The molecule has 2 aromatic heterocycles. The zero-order valence-corrected chi connectivity index (χ0v) is 13.4. The van der Waals surface area contributed by atoms with Crippen molar-refractivity contribution < 1.29 is 14.3 Å². The van der Waals surface area contributed by atoms with E-state index in [1.165, 1.54) is 0 Å². The smallest absolute Gasteiger partial charge is 0.263 e. The van der Waals surface area contributed by atoms with Gasteiger partial charge in [-0.1, -0.05) is 6.07 Å². The molecule has 0 aliphatic carbocycles. The quantitative estimate of drug-likeness (QED) is 0.781. The van der Waals surface area contributed by atoms with Crippen LogP contribution >= 0.6 is 0 Å². The van der Waals surface area contributed by atoms with Crippen molar-refractivity contribution in [3.8, 4) is 11.5 Å². The third-order valence-corrected chi connectivity index (χ3v) is 3.40. The Morgan fingerprint density at radius 3 is 2.83 bits per heavy atom. The maximum atomic E-state index is 12.0. The Morgan fingerprint density at radius 1 is 1.21 bits per heavy atom. The lowest BCUT2D eigenvalue weighted by atomic mass is 10.1. The zero-order valence-electron chi connectivity index (χ0n) is 13.4. The summed E-state index contributed by atoms with van der Waals surface area (Å²) < 4.78 is 10.9. The number of rotatable bonds is 5. The maximum Gasteiger partial charge on any atom is 0.263 e. The van der Waals surface area contributed by atoms with E-state index in [0.717, 1.165) is 16.6 Å². The Morgan fingerprint density at radius 2 is 2.08 bits per heavy atom. The molecule has 0 spiro atoms. The first-order valence-corrected chi connectivity index (χ1v) is 7.45. The van der Waals surface area contributed by atoms with Crippen LogP contribution in [0.3, 0.4) is 0 Å². The Balaban J connectivity index is 1.78. The van der Waals surface area contributed by atoms with Crippen molar-refractivity contribution >= 4 is 22.6 Å². The van der Waals surface area contributed by atoms with Crippen LogP contribution in [0.5, 0.6) is 11.5 Å². The van der Waals surface area contributed by atoms with Gasteiger partial charge in [-0.2, -0.15) is 0 Å². The first-order chi connectivity index (χ1) is 11.7. The van der Waals surface area contributed by atoms with E-state index >= 15 is 0 Å². The lowest BCUT2D eigenvalue weighted by Crippen LogP contribution is -2.20. The number of anilines is 1. The summed E-state index contributed by atoms with van der Waals surface area (Å²) in [5.74, 6) is 1.51. The fourth-order valence-electron chi connectivity index (χ4n) is 2.31. The highest BCUT2D eigenvalue weighted by Gasteiger charge is 2.10. The minimum Gasteiger partial charge on any atom is -0.497 e. The molecule has 0 unspecified atom stereocenters. The molecule has 6 heteroatoms. The summed E-state index contributed by atoms with van der Waals surface area (Å²) in [4.78, 5) is 20.5. The van der Waals surface area contributed by atoms with Crippen LogP contribution < -0.4 is 14.8 Å². The number of methoxy groups -OCH3 is 1. The molecular formula is C18H17N3O3. The predicted molar refractivity (Wildman–Crippen MR) is 91.4 cm³/mol. The van der Waals surface area contributed by atoms with Crippen LogP contribution in [0.15, 0.2) is 48.7 Å². The number of pyridine rings is 2. The number of carbonyl (C=O) groups is 1. The molecule has 1 aromatic carbocycles.